The molecule has 0 unspecified atom stereocenters. The molecule has 3 aromatic carbocycles. The van der Waals surface area contributed by atoms with E-state index in [1.807, 2.05) is 30.3 Å². The maximum Gasteiger partial charge on any atom is 0.289 e. The minimum Gasteiger partial charge on any atom is -0.296 e. The van der Waals surface area contributed by atoms with Gasteiger partial charge in [0.25, 0.3) is 21.6 Å². The molecule has 0 aliphatic rings. The number of hydrogen-bond acceptors (Lipinski definition) is 8. The lowest BCUT2D eigenvalue weighted by atomic mass is 10.2. The zero-order valence-electron chi connectivity index (χ0n) is 16.7. The molecule has 0 radical (unpaired) electrons. The Hall–Kier alpha value is -4.16. The fraction of sp³-hybridized carbons (Fsp3) is 0. The molecule has 4 rings (SSSR count). The quantitative estimate of drug-likeness (QED) is 0.298. The van der Waals surface area contributed by atoms with Crippen LogP contribution in [0.3, 0.4) is 0 Å². The molecular formula is C21H15N5O5S2. The van der Waals surface area contributed by atoms with Crippen molar-refractivity contribution >= 4 is 43.8 Å². The Balaban J connectivity index is 1.46. The highest BCUT2D eigenvalue weighted by Gasteiger charge is 2.25. The van der Waals surface area contributed by atoms with Gasteiger partial charge in [0.1, 0.15) is 5.01 Å². The molecule has 0 aliphatic heterocycles. The van der Waals surface area contributed by atoms with Gasteiger partial charge in [0.05, 0.1) is 4.92 Å². The summed E-state index contributed by atoms with van der Waals surface area (Å²) in [6, 6.07) is 20.1. The van der Waals surface area contributed by atoms with Crippen molar-refractivity contribution in [2.75, 3.05) is 10.0 Å². The molecule has 10 nitrogen and oxygen atoms in total. The van der Waals surface area contributed by atoms with Gasteiger partial charge in [-0.1, -0.05) is 53.8 Å². The zero-order chi connectivity index (χ0) is 23.4. The Labute approximate surface area is 192 Å². The maximum atomic E-state index is 12.6. The van der Waals surface area contributed by atoms with Gasteiger partial charge in [-0.2, -0.15) is 0 Å². The van der Waals surface area contributed by atoms with Gasteiger partial charge in [-0.25, -0.2) is 8.42 Å². The van der Waals surface area contributed by atoms with Crippen molar-refractivity contribution in [2.24, 2.45) is 0 Å². The van der Waals surface area contributed by atoms with Crippen LogP contribution < -0.4 is 10.0 Å². The van der Waals surface area contributed by atoms with Gasteiger partial charge in [0, 0.05) is 22.9 Å². The number of nitro benzene ring substituents is 1. The number of sulfonamides is 1. The van der Waals surface area contributed by atoms with Crippen LogP contribution in [-0.2, 0) is 10.0 Å². The minimum atomic E-state index is -4.20. The van der Waals surface area contributed by atoms with Gasteiger partial charge in [-0.05, 0) is 30.3 Å². The van der Waals surface area contributed by atoms with Crippen LogP contribution in [0.15, 0.2) is 83.8 Å². The summed E-state index contributed by atoms with van der Waals surface area (Å²) in [4.78, 5) is 22.4. The number of benzene rings is 3. The van der Waals surface area contributed by atoms with E-state index in [0.717, 1.165) is 17.7 Å². The molecule has 0 fully saturated rings. The third kappa shape index (κ3) is 5.02. The molecule has 0 spiro atoms. The van der Waals surface area contributed by atoms with Gasteiger partial charge in [-0.3, -0.25) is 24.9 Å². The maximum absolute atomic E-state index is 12.6. The summed E-state index contributed by atoms with van der Waals surface area (Å²) in [5.41, 5.74) is 0.755. The molecule has 0 saturated heterocycles. The first kappa shape index (κ1) is 22.0. The van der Waals surface area contributed by atoms with Crippen LogP contribution in [0, 0.1) is 10.1 Å². The first-order valence-corrected chi connectivity index (χ1v) is 11.7. The Bertz CT molecular complexity index is 1420. The smallest absolute Gasteiger partial charge is 0.289 e. The van der Waals surface area contributed by atoms with E-state index in [0.29, 0.717) is 10.1 Å². The SMILES string of the molecule is O=C(Nc1nnc(-c2ccccc2)s1)c1ccc(NS(=O)(=O)c2ccccc2[N+](=O)[O-])cc1. The first-order chi connectivity index (χ1) is 15.8. The Morgan fingerprint density at radius 1 is 0.909 bits per heavy atom. The van der Waals surface area contributed by atoms with E-state index >= 15 is 0 Å². The summed E-state index contributed by atoms with van der Waals surface area (Å²) < 4.78 is 27.5. The first-order valence-electron chi connectivity index (χ1n) is 9.40. The molecule has 0 aliphatic carbocycles. The molecule has 1 amide bonds. The van der Waals surface area contributed by atoms with Crippen molar-refractivity contribution in [3.63, 3.8) is 0 Å². The number of hydrogen-bond donors (Lipinski definition) is 2. The lowest BCUT2D eigenvalue weighted by molar-refractivity contribution is -0.387. The number of aromatic nitrogens is 2. The fourth-order valence-corrected chi connectivity index (χ4v) is 4.85. The van der Waals surface area contributed by atoms with Crippen molar-refractivity contribution < 1.29 is 18.1 Å². The number of rotatable bonds is 7. The summed E-state index contributed by atoms with van der Waals surface area (Å²) in [6.45, 7) is 0. The number of carbonyl (C=O) groups is 1. The van der Waals surface area contributed by atoms with Crippen molar-refractivity contribution in [3.05, 3.63) is 94.5 Å². The third-order valence-electron chi connectivity index (χ3n) is 4.42. The largest absolute Gasteiger partial charge is 0.296 e. The number of amides is 1. The van der Waals surface area contributed by atoms with E-state index in [2.05, 4.69) is 20.2 Å². The molecule has 166 valence electrons. The van der Waals surface area contributed by atoms with Crippen LogP contribution in [-0.4, -0.2) is 29.4 Å². The van der Waals surface area contributed by atoms with Gasteiger partial charge in [0.15, 0.2) is 4.90 Å². The molecule has 0 atom stereocenters. The van der Waals surface area contributed by atoms with E-state index in [4.69, 9.17) is 0 Å². The Morgan fingerprint density at radius 2 is 1.58 bits per heavy atom. The van der Waals surface area contributed by atoms with Gasteiger partial charge < -0.3 is 0 Å². The van der Waals surface area contributed by atoms with E-state index in [-0.39, 0.29) is 11.3 Å². The Morgan fingerprint density at radius 3 is 2.27 bits per heavy atom. The van der Waals surface area contributed by atoms with E-state index in [9.17, 15) is 23.3 Å². The average Bonchev–Trinajstić information content (AvgIpc) is 3.28. The van der Waals surface area contributed by atoms with Crippen molar-refractivity contribution in [3.8, 4) is 10.6 Å². The van der Waals surface area contributed by atoms with Gasteiger partial charge in [-0.15, -0.1) is 10.2 Å². The Kier molecular flexibility index (Phi) is 6.11. The standard InChI is InChI=1S/C21H15N5O5S2/c27-19(22-21-24-23-20(32-21)15-6-2-1-3-7-15)14-10-12-16(13-11-14)25-33(30,31)18-9-5-4-8-17(18)26(28)29/h1-13,25H,(H,22,24,27). The summed E-state index contributed by atoms with van der Waals surface area (Å²) in [7, 11) is -4.20. The molecule has 1 heterocycles. The second-order valence-electron chi connectivity index (χ2n) is 6.64. The molecule has 0 saturated carbocycles. The summed E-state index contributed by atoms with van der Waals surface area (Å²) in [5.74, 6) is -0.445. The van der Waals surface area contributed by atoms with Crippen LogP contribution in [0.4, 0.5) is 16.5 Å². The number of anilines is 2. The normalized spacial score (nSPS) is 11.0. The zero-order valence-corrected chi connectivity index (χ0v) is 18.3. The van der Waals surface area contributed by atoms with Gasteiger partial charge >= 0.3 is 0 Å². The van der Waals surface area contributed by atoms with E-state index in [1.165, 1.54) is 47.7 Å². The third-order valence-corrected chi connectivity index (χ3v) is 6.73. The molecule has 12 heteroatoms. The lowest BCUT2D eigenvalue weighted by Crippen LogP contribution is -2.15. The molecule has 4 aromatic rings. The predicted molar refractivity (Wildman–Crippen MR) is 124 cm³/mol. The van der Waals surface area contributed by atoms with Crippen molar-refractivity contribution in [1.82, 2.24) is 10.2 Å². The van der Waals surface area contributed by atoms with Gasteiger partial charge in [0.2, 0.25) is 5.13 Å². The summed E-state index contributed by atoms with van der Waals surface area (Å²) >= 11 is 1.22. The van der Waals surface area contributed by atoms with E-state index < -0.39 is 31.4 Å². The average molecular weight is 482 g/mol. The molecule has 33 heavy (non-hydrogen) atoms. The minimum absolute atomic E-state index is 0.145. The van der Waals surface area contributed by atoms with Crippen LogP contribution >= 0.6 is 11.3 Å². The van der Waals surface area contributed by atoms with Crippen LogP contribution in [0.5, 0.6) is 0 Å². The van der Waals surface area contributed by atoms with Crippen molar-refractivity contribution in [2.45, 2.75) is 4.90 Å². The number of nitrogens with zero attached hydrogens (tertiary/aromatic N) is 3. The summed E-state index contributed by atoms with van der Waals surface area (Å²) in [6.07, 6.45) is 0. The highest BCUT2D eigenvalue weighted by molar-refractivity contribution is 7.92. The highest BCUT2D eigenvalue weighted by Crippen LogP contribution is 2.27. The van der Waals surface area contributed by atoms with Crippen LogP contribution in [0.25, 0.3) is 10.6 Å². The highest BCUT2D eigenvalue weighted by atomic mass is 32.2. The molecule has 1 aromatic heterocycles. The van der Waals surface area contributed by atoms with Crippen molar-refractivity contribution in [1.29, 1.82) is 0 Å². The van der Waals surface area contributed by atoms with Crippen LogP contribution in [0.1, 0.15) is 10.4 Å². The number of para-hydroxylation sites is 1. The number of carbonyl (C=O) groups excluding carboxylic acids is 1. The van der Waals surface area contributed by atoms with Crippen LogP contribution in [0.2, 0.25) is 0 Å². The monoisotopic (exact) mass is 481 g/mol. The fourth-order valence-electron chi connectivity index (χ4n) is 2.88. The molecule has 2 N–H and O–H groups in total. The lowest BCUT2D eigenvalue weighted by Gasteiger charge is -2.09. The second-order valence-corrected chi connectivity index (χ2v) is 9.27. The second kappa shape index (κ2) is 9.14. The molecule has 0 bridgehead atoms. The topological polar surface area (TPSA) is 144 Å². The summed E-state index contributed by atoms with van der Waals surface area (Å²) in [5, 5.41) is 22.8. The number of nitrogens with one attached hydrogen (secondary N) is 2. The van der Waals surface area contributed by atoms with E-state index in [1.54, 1.807) is 0 Å². The molecular weight excluding hydrogens is 466 g/mol. The predicted octanol–water partition coefficient (Wildman–Crippen LogP) is 4.17. The number of nitro groups is 1.